The Morgan fingerprint density at radius 2 is 1.81 bits per heavy atom. The zero-order valence-electron chi connectivity index (χ0n) is 15.8. The van der Waals surface area contributed by atoms with Crippen LogP contribution in [0.2, 0.25) is 0 Å². The maximum atomic E-state index is 5.46. The van der Waals surface area contributed by atoms with Gasteiger partial charge in [0.2, 0.25) is 0 Å². The van der Waals surface area contributed by atoms with Crippen molar-refractivity contribution >= 4 is 11.4 Å². The molecule has 0 radical (unpaired) electrons. The summed E-state index contributed by atoms with van der Waals surface area (Å²) in [5, 5.41) is 8.49. The molecule has 27 heavy (non-hydrogen) atoms. The van der Waals surface area contributed by atoms with Gasteiger partial charge in [0.15, 0.2) is 0 Å². The molecular formula is C22H24N4O. The number of hydrogen-bond donors (Lipinski definition) is 1. The molecule has 3 aromatic rings. The molecule has 0 aliphatic carbocycles. The second-order valence-corrected chi connectivity index (χ2v) is 7.35. The molecule has 138 valence electrons. The van der Waals surface area contributed by atoms with Crippen LogP contribution in [0.25, 0.3) is 11.3 Å². The second kappa shape index (κ2) is 6.43. The predicted molar refractivity (Wildman–Crippen MR) is 108 cm³/mol. The quantitative estimate of drug-likeness (QED) is 0.751. The zero-order valence-corrected chi connectivity index (χ0v) is 15.8. The molecule has 2 aliphatic rings. The maximum absolute atomic E-state index is 5.46. The van der Waals surface area contributed by atoms with Gasteiger partial charge in [0.05, 0.1) is 24.6 Å². The Morgan fingerprint density at radius 1 is 1.04 bits per heavy atom. The Hall–Kier alpha value is -2.79. The molecule has 0 saturated carbocycles. The van der Waals surface area contributed by atoms with E-state index in [0.29, 0.717) is 0 Å². The van der Waals surface area contributed by atoms with Crippen molar-refractivity contribution in [1.82, 2.24) is 9.78 Å². The lowest BCUT2D eigenvalue weighted by Crippen LogP contribution is -2.36. The van der Waals surface area contributed by atoms with Crippen molar-refractivity contribution < 1.29 is 4.74 Å². The van der Waals surface area contributed by atoms with E-state index in [9.17, 15) is 0 Å². The minimum atomic E-state index is 0.000962. The topological polar surface area (TPSA) is 42.3 Å². The van der Waals surface area contributed by atoms with Crippen LogP contribution in [-0.4, -0.2) is 36.1 Å². The SMILES string of the molecule is Cc1cc2n(n1)[C@@H](c1ccc(N3CCOCC3)cc1)Nc1c(C)cccc1-2. The number of benzene rings is 2. The first kappa shape index (κ1) is 16.4. The van der Waals surface area contributed by atoms with Crippen molar-refractivity contribution in [3.8, 4) is 11.3 Å². The summed E-state index contributed by atoms with van der Waals surface area (Å²) in [6.45, 7) is 7.73. The summed E-state index contributed by atoms with van der Waals surface area (Å²) in [6, 6.07) is 17.5. The fraction of sp³-hybridized carbons (Fsp3) is 0.318. The molecule has 1 N–H and O–H groups in total. The number of para-hydroxylation sites is 1. The fourth-order valence-corrected chi connectivity index (χ4v) is 4.10. The van der Waals surface area contributed by atoms with Crippen LogP contribution in [-0.2, 0) is 4.74 Å². The highest BCUT2D eigenvalue weighted by molar-refractivity contribution is 5.81. The summed E-state index contributed by atoms with van der Waals surface area (Å²) in [5.74, 6) is 0. The molecule has 2 aromatic carbocycles. The number of rotatable bonds is 2. The van der Waals surface area contributed by atoms with Crippen LogP contribution < -0.4 is 10.2 Å². The third-order valence-corrected chi connectivity index (χ3v) is 5.52. The molecular weight excluding hydrogens is 336 g/mol. The number of ether oxygens (including phenoxy) is 1. The van der Waals surface area contributed by atoms with Gasteiger partial charge in [-0.15, -0.1) is 0 Å². The predicted octanol–water partition coefficient (Wildman–Crippen LogP) is 3.98. The van der Waals surface area contributed by atoms with E-state index in [2.05, 4.69) is 77.3 Å². The second-order valence-electron chi connectivity index (χ2n) is 7.35. The van der Waals surface area contributed by atoms with Crippen molar-refractivity contribution in [3.63, 3.8) is 0 Å². The summed E-state index contributed by atoms with van der Waals surface area (Å²) < 4.78 is 7.57. The molecule has 1 saturated heterocycles. The molecule has 1 fully saturated rings. The third-order valence-electron chi connectivity index (χ3n) is 5.52. The standard InChI is InChI=1S/C22H24N4O/c1-15-4-3-5-19-20-14-16(2)24-26(20)22(23-21(15)19)17-6-8-18(9-7-17)25-10-12-27-13-11-25/h3-9,14,22-23H,10-13H2,1-2H3/t22-/m0/s1. The van der Waals surface area contributed by atoms with Gasteiger partial charge in [-0.05, 0) is 43.2 Å². The lowest BCUT2D eigenvalue weighted by atomic mass is 10.0. The summed E-state index contributed by atoms with van der Waals surface area (Å²) in [5.41, 5.74) is 8.36. The molecule has 5 nitrogen and oxygen atoms in total. The molecule has 2 aliphatic heterocycles. The lowest BCUT2D eigenvalue weighted by Gasteiger charge is -2.31. The minimum Gasteiger partial charge on any atom is -0.378 e. The van der Waals surface area contributed by atoms with E-state index >= 15 is 0 Å². The smallest absolute Gasteiger partial charge is 0.147 e. The van der Waals surface area contributed by atoms with Gasteiger partial charge in [-0.1, -0.05) is 30.3 Å². The zero-order chi connectivity index (χ0) is 18.4. The number of fused-ring (bicyclic) bond motifs is 3. The van der Waals surface area contributed by atoms with E-state index in [1.807, 2.05) is 0 Å². The molecule has 0 spiro atoms. The first-order valence-corrected chi connectivity index (χ1v) is 9.56. The van der Waals surface area contributed by atoms with Gasteiger partial charge in [0, 0.05) is 30.0 Å². The highest BCUT2D eigenvalue weighted by Crippen LogP contribution is 2.40. The van der Waals surface area contributed by atoms with Crippen molar-refractivity contribution in [2.24, 2.45) is 0 Å². The van der Waals surface area contributed by atoms with Gasteiger partial charge >= 0.3 is 0 Å². The number of anilines is 2. The number of nitrogens with zero attached hydrogens (tertiary/aromatic N) is 3. The minimum absolute atomic E-state index is 0.000962. The summed E-state index contributed by atoms with van der Waals surface area (Å²) in [6.07, 6.45) is 0.000962. The van der Waals surface area contributed by atoms with Gasteiger partial charge in [-0.25, -0.2) is 4.68 Å². The highest BCUT2D eigenvalue weighted by Gasteiger charge is 2.27. The van der Waals surface area contributed by atoms with Crippen molar-refractivity contribution in [2.75, 3.05) is 36.5 Å². The van der Waals surface area contributed by atoms with Crippen molar-refractivity contribution in [1.29, 1.82) is 0 Å². The van der Waals surface area contributed by atoms with Crippen LogP contribution in [0.1, 0.15) is 23.0 Å². The molecule has 0 amide bonds. The van der Waals surface area contributed by atoms with Gasteiger partial charge in [-0.3, -0.25) is 0 Å². The van der Waals surface area contributed by atoms with Crippen LogP contribution in [0.3, 0.4) is 0 Å². The van der Waals surface area contributed by atoms with E-state index < -0.39 is 0 Å². The van der Waals surface area contributed by atoms with Crippen LogP contribution in [0, 0.1) is 13.8 Å². The van der Waals surface area contributed by atoms with Gasteiger partial charge in [0.1, 0.15) is 6.17 Å². The molecule has 0 unspecified atom stereocenters. The Morgan fingerprint density at radius 3 is 2.59 bits per heavy atom. The van der Waals surface area contributed by atoms with Gasteiger partial charge in [-0.2, -0.15) is 5.10 Å². The molecule has 1 atom stereocenters. The number of aryl methyl sites for hydroxylation is 2. The van der Waals surface area contributed by atoms with E-state index in [0.717, 1.165) is 32.0 Å². The normalized spacial score (nSPS) is 18.6. The summed E-state index contributed by atoms with van der Waals surface area (Å²) in [7, 11) is 0. The van der Waals surface area contributed by atoms with E-state index in [1.165, 1.54) is 33.8 Å². The van der Waals surface area contributed by atoms with Crippen molar-refractivity contribution in [2.45, 2.75) is 20.0 Å². The monoisotopic (exact) mass is 360 g/mol. The maximum Gasteiger partial charge on any atom is 0.147 e. The highest BCUT2D eigenvalue weighted by atomic mass is 16.5. The Kier molecular flexibility index (Phi) is 3.90. The Balaban J connectivity index is 1.52. The molecule has 5 rings (SSSR count). The number of hydrogen-bond acceptors (Lipinski definition) is 4. The molecule has 5 heteroatoms. The average molecular weight is 360 g/mol. The third kappa shape index (κ3) is 2.79. The molecule has 0 bridgehead atoms. The molecule has 3 heterocycles. The fourth-order valence-electron chi connectivity index (χ4n) is 4.10. The number of aromatic nitrogens is 2. The van der Waals surface area contributed by atoms with E-state index in [1.54, 1.807) is 0 Å². The van der Waals surface area contributed by atoms with E-state index in [4.69, 9.17) is 9.84 Å². The van der Waals surface area contributed by atoms with Crippen LogP contribution in [0.5, 0.6) is 0 Å². The summed E-state index contributed by atoms with van der Waals surface area (Å²) in [4.78, 5) is 2.38. The largest absolute Gasteiger partial charge is 0.378 e. The number of morpholine rings is 1. The Bertz CT molecular complexity index is 970. The summed E-state index contributed by atoms with van der Waals surface area (Å²) >= 11 is 0. The lowest BCUT2D eigenvalue weighted by molar-refractivity contribution is 0.122. The van der Waals surface area contributed by atoms with Crippen LogP contribution >= 0.6 is 0 Å². The number of nitrogens with one attached hydrogen (secondary N) is 1. The first-order valence-electron chi connectivity index (χ1n) is 9.56. The molecule has 1 aromatic heterocycles. The van der Waals surface area contributed by atoms with Crippen LogP contribution in [0.15, 0.2) is 48.5 Å². The van der Waals surface area contributed by atoms with Crippen LogP contribution in [0.4, 0.5) is 11.4 Å². The Labute approximate surface area is 159 Å². The van der Waals surface area contributed by atoms with Crippen molar-refractivity contribution in [3.05, 3.63) is 65.4 Å². The average Bonchev–Trinajstić information content (AvgIpc) is 3.10. The van der Waals surface area contributed by atoms with E-state index in [-0.39, 0.29) is 6.17 Å². The first-order chi connectivity index (χ1) is 13.2. The van der Waals surface area contributed by atoms with Gasteiger partial charge < -0.3 is 15.0 Å². The van der Waals surface area contributed by atoms with Gasteiger partial charge in [0.25, 0.3) is 0 Å².